The minimum absolute atomic E-state index is 0.243. The van der Waals surface area contributed by atoms with Crippen LogP contribution in [-0.2, 0) is 6.54 Å². The second-order valence-electron chi connectivity index (χ2n) is 6.29. The van der Waals surface area contributed by atoms with Crippen LogP contribution in [0.4, 0.5) is 4.39 Å². The lowest BCUT2D eigenvalue weighted by Crippen LogP contribution is -2.06. The maximum Gasteiger partial charge on any atom is 0.129 e. The van der Waals surface area contributed by atoms with Crippen LogP contribution in [0.3, 0.4) is 0 Å². The lowest BCUT2D eigenvalue weighted by atomic mass is 10.1. The van der Waals surface area contributed by atoms with Crippen molar-refractivity contribution in [2.24, 2.45) is 0 Å². The van der Waals surface area contributed by atoms with Gasteiger partial charge in [-0.1, -0.05) is 73.8 Å². The van der Waals surface area contributed by atoms with Gasteiger partial charge in [0.25, 0.3) is 0 Å². The van der Waals surface area contributed by atoms with E-state index in [0.717, 1.165) is 31.5 Å². The molecule has 0 spiro atoms. The smallest absolute Gasteiger partial charge is 0.129 e. The van der Waals surface area contributed by atoms with E-state index in [1.54, 1.807) is 16.8 Å². The first-order chi connectivity index (χ1) is 13.5. The molecule has 0 unspecified atom stereocenters. The summed E-state index contributed by atoms with van der Waals surface area (Å²) in [6.07, 6.45) is 0. The number of nitrogens with zero attached hydrogens (tertiary/aromatic N) is 2. The van der Waals surface area contributed by atoms with Crippen LogP contribution in [-0.4, -0.2) is 9.78 Å². The Bertz CT molecular complexity index is 1100. The molecule has 140 valence electrons. The Morgan fingerprint density at radius 3 is 2.07 bits per heavy atom. The lowest BCUT2D eigenvalue weighted by Gasteiger charge is -2.10. The van der Waals surface area contributed by atoms with Gasteiger partial charge < -0.3 is 0 Å². The number of rotatable bonds is 4. The molecule has 0 radical (unpaired) electrons. The number of hydrogen-bond donors (Lipinski definition) is 0. The topological polar surface area (TPSA) is 17.8 Å². The van der Waals surface area contributed by atoms with Crippen molar-refractivity contribution < 1.29 is 4.39 Å². The molecule has 1 heterocycles. The minimum atomic E-state index is -0.338. The van der Waals surface area contributed by atoms with Gasteiger partial charge in [-0.25, -0.2) is 4.39 Å². The molecule has 4 rings (SSSR count). The minimum Gasteiger partial charge on any atom is -0.260 e. The van der Waals surface area contributed by atoms with E-state index < -0.39 is 0 Å². The van der Waals surface area contributed by atoms with Crippen LogP contribution in [0.15, 0.2) is 81.7 Å². The summed E-state index contributed by atoms with van der Waals surface area (Å²) in [6.45, 7) is 0.243. The summed E-state index contributed by atoms with van der Waals surface area (Å²) >= 11 is 13.2. The highest BCUT2D eigenvalue weighted by molar-refractivity contribution is 9.10. The summed E-state index contributed by atoms with van der Waals surface area (Å²) in [4.78, 5) is 0. The molecule has 0 aliphatic heterocycles. The Morgan fingerprint density at radius 2 is 1.46 bits per heavy atom. The number of benzene rings is 3. The first-order valence-electron chi connectivity index (χ1n) is 8.54. The number of halogens is 4. The summed E-state index contributed by atoms with van der Waals surface area (Å²) in [7, 11) is 0. The normalized spacial score (nSPS) is 11.0. The van der Waals surface area contributed by atoms with Crippen molar-refractivity contribution in [1.29, 1.82) is 0 Å². The molecule has 0 saturated carbocycles. The van der Waals surface area contributed by atoms with E-state index in [4.69, 9.17) is 16.7 Å². The molecule has 1 aromatic heterocycles. The van der Waals surface area contributed by atoms with E-state index in [0.29, 0.717) is 10.6 Å². The highest BCUT2D eigenvalue weighted by atomic mass is 79.9. The van der Waals surface area contributed by atoms with Crippen LogP contribution in [0, 0.1) is 5.82 Å². The van der Waals surface area contributed by atoms with Gasteiger partial charge in [0.1, 0.15) is 5.82 Å². The average molecular weight is 521 g/mol. The summed E-state index contributed by atoms with van der Waals surface area (Å²) in [5.74, 6) is -0.338. The van der Waals surface area contributed by atoms with Crippen LogP contribution in [0.2, 0.25) is 5.02 Å². The molecule has 0 bridgehead atoms. The monoisotopic (exact) mass is 518 g/mol. The average Bonchev–Trinajstić information content (AvgIpc) is 3.10. The van der Waals surface area contributed by atoms with Crippen molar-refractivity contribution in [3.63, 3.8) is 0 Å². The molecule has 4 aromatic rings. The predicted octanol–water partition coefficient (Wildman–Crippen LogP) is 7.58. The molecular weight excluding hydrogens is 507 g/mol. The Hall–Kier alpha value is -1.95. The third kappa shape index (κ3) is 4.07. The predicted molar refractivity (Wildman–Crippen MR) is 119 cm³/mol. The Kier molecular flexibility index (Phi) is 5.67. The third-order valence-electron chi connectivity index (χ3n) is 4.43. The molecule has 28 heavy (non-hydrogen) atoms. The van der Waals surface area contributed by atoms with Crippen molar-refractivity contribution in [3.05, 3.63) is 98.1 Å². The molecule has 0 aliphatic rings. The highest BCUT2D eigenvalue weighted by Crippen LogP contribution is 2.30. The summed E-state index contributed by atoms with van der Waals surface area (Å²) in [6, 6.07) is 22.6. The Morgan fingerprint density at radius 1 is 0.857 bits per heavy atom. The molecule has 3 aromatic carbocycles. The van der Waals surface area contributed by atoms with Crippen LogP contribution >= 0.6 is 43.5 Å². The fourth-order valence-electron chi connectivity index (χ4n) is 2.99. The van der Waals surface area contributed by atoms with Gasteiger partial charge in [-0.05, 0) is 48.0 Å². The SMILES string of the molecule is Fc1cccc(Cl)c1Cn1nc(-c2ccc(Br)cc2)cc1-c1ccc(Br)cc1. The molecule has 0 amide bonds. The second-order valence-corrected chi connectivity index (χ2v) is 8.53. The Labute approximate surface area is 184 Å². The van der Waals surface area contributed by atoms with Crippen LogP contribution in [0.25, 0.3) is 22.5 Å². The van der Waals surface area contributed by atoms with Crippen LogP contribution in [0.5, 0.6) is 0 Å². The molecule has 0 saturated heterocycles. The zero-order chi connectivity index (χ0) is 19.7. The van der Waals surface area contributed by atoms with E-state index >= 15 is 0 Å². The van der Waals surface area contributed by atoms with E-state index in [1.807, 2.05) is 54.6 Å². The molecule has 6 heteroatoms. The van der Waals surface area contributed by atoms with Gasteiger partial charge >= 0.3 is 0 Å². The summed E-state index contributed by atoms with van der Waals surface area (Å²) in [5, 5.41) is 5.14. The largest absolute Gasteiger partial charge is 0.260 e. The first kappa shape index (κ1) is 19.4. The zero-order valence-corrected chi connectivity index (χ0v) is 18.5. The van der Waals surface area contributed by atoms with Crippen LogP contribution < -0.4 is 0 Å². The van der Waals surface area contributed by atoms with Gasteiger partial charge in [0, 0.05) is 25.1 Å². The highest BCUT2D eigenvalue weighted by Gasteiger charge is 2.15. The quantitative estimate of drug-likeness (QED) is 0.271. The molecule has 0 fully saturated rings. The van der Waals surface area contributed by atoms with E-state index in [-0.39, 0.29) is 12.4 Å². The van der Waals surface area contributed by atoms with E-state index in [2.05, 4.69) is 31.9 Å². The van der Waals surface area contributed by atoms with Gasteiger partial charge in [0.2, 0.25) is 0 Å². The maximum absolute atomic E-state index is 14.4. The standard InChI is InChI=1S/C22H14Br2ClFN2/c23-16-8-4-14(5-9-16)21-12-22(15-6-10-17(24)11-7-15)28(27-21)13-18-19(25)2-1-3-20(18)26/h1-12H,13H2. The van der Waals surface area contributed by atoms with Gasteiger partial charge in [0.15, 0.2) is 0 Å². The summed E-state index contributed by atoms with van der Waals surface area (Å²) < 4.78 is 18.2. The Balaban J connectivity index is 1.83. The van der Waals surface area contributed by atoms with Gasteiger partial charge in [-0.15, -0.1) is 0 Å². The van der Waals surface area contributed by atoms with E-state index in [1.165, 1.54) is 6.07 Å². The van der Waals surface area contributed by atoms with Crippen LogP contribution in [0.1, 0.15) is 5.56 Å². The molecule has 0 atom stereocenters. The van der Waals surface area contributed by atoms with Crippen molar-refractivity contribution in [2.45, 2.75) is 6.54 Å². The first-order valence-corrected chi connectivity index (χ1v) is 10.5. The van der Waals surface area contributed by atoms with Crippen molar-refractivity contribution in [3.8, 4) is 22.5 Å². The van der Waals surface area contributed by atoms with Crippen molar-refractivity contribution in [1.82, 2.24) is 9.78 Å². The summed E-state index contributed by atoms with van der Waals surface area (Å²) in [5.41, 5.74) is 4.11. The zero-order valence-electron chi connectivity index (χ0n) is 14.5. The fraction of sp³-hybridized carbons (Fsp3) is 0.0455. The molecule has 0 aliphatic carbocycles. The van der Waals surface area contributed by atoms with Gasteiger partial charge in [-0.3, -0.25) is 4.68 Å². The second kappa shape index (κ2) is 8.19. The molecule has 2 nitrogen and oxygen atoms in total. The number of hydrogen-bond acceptors (Lipinski definition) is 1. The fourth-order valence-corrected chi connectivity index (χ4v) is 3.74. The van der Waals surface area contributed by atoms with Gasteiger partial charge in [-0.2, -0.15) is 5.10 Å². The van der Waals surface area contributed by atoms with E-state index in [9.17, 15) is 4.39 Å². The molecular formula is C22H14Br2ClFN2. The third-order valence-corrected chi connectivity index (χ3v) is 5.84. The molecule has 0 N–H and O–H groups in total. The van der Waals surface area contributed by atoms with Gasteiger partial charge in [0.05, 0.1) is 17.9 Å². The maximum atomic E-state index is 14.4. The van der Waals surface area contributed by atoms with Crippen molar-refractivity contribution in [2.75, 3.05) is 0 Å². The lowest BCUT2D eigenvalue weighted by molar-refractivity contribution is 0.587. The number of aromatic nitrogens is 2. The van der Waals surface area contributed by atoms with Crippen molar-refractivity contribution >= 4 is 43.5 Å².